The Labute approximate surface area is 225 Å². The highest BCUT2D eigenvalue weighted by Crippen LogP contribution is 2.56. The molecule has 1 aromatic carbocycles. The van der Waals surface area contributed by atoms with Gasteiger partial charge in [-0.3, -0.25) is 24.1 Å². The molecule has 0 radical (unpaired) electrons. The Hall–Kier alpha value is -2.52. The summed E-state index contributed by atoms with van der Waals surface area (Å²) >= 11 is 6.60. The fraction of sp³-hybridized carbons (Fsp3) is 0.407. The smallest absolute Gasteiger partial charge is 0.234 e. The van der Waals surface area contributed by atoms with Crippen LogP contribution in [0.4, 0.5) is 0 Å². The number of carbonyl (C=O) groups is 4. The summed E-state index contributed by atoms with van der Waals surface area (Å²) in [6, 6.07) is 3.36. The number of hydrogen-bond acceptors (Lipinski definition) is 6. The molecule has 0 unspecified atom stereocenters. The predicted octanol–water partition coefficient (Wildman–Crippen LogP) is 4.72. The molecule has 9 heteroatoms. The van der Waals surface area contributed by atoms with Crippen molar-refractivity contribution in [2.24, 2.45) is 17.8 Å². The molecule has 1 heterocycles. The molecule has 0 bridgehead atoms. The van der Waals surface area contributed by atoms with E-state index in [1.165, 1.54) is 18.1 Å². The van der Waals surface area contributed by atoms with Crippen LogP contribution in [0.25, 0.3) is 0 Å². The van der Waals surface area contributed by atoms with Crippen molar-refractivity contribution in [1.29, 1.82) is 0 Å². The van der Waals surface area contributed by atoms with Crippen molar-refractivity contribution in [1.82, 2.24) is 4.90 Å². The minimum absolute atomic E-state index is 0.0772. The molecule has 4 aliphatic rings. The minimum Gasteiger partial charge on any atom is -0.503 e. The summed E-state index contributed by atoms with van der Waals surface area (Å²) in [6.07, 6.45) is 3.85. The van der Waals surface area contributed by atoms with Crippen molar-refractivity contribution in [3.8, 4) is 11.5 Å². The molecule has 36 heavy (non-hydrogen) atoms. The first-order chi connectivity index (χ1) is 16.9. The van der Waals surface area contributed by atoms with Gasteiger partial charge in [-0.05, 0) is 89.1 Å². The zero-order valence-corrected chi connectivity index (χ0v) is 23.4. The van der Waals surface area contributed by atoms with Crippen LogP contribution in [0.2, 0.25) is 0 Å². The van der Waals surface area contributed by atoms with Crippen LogP contribution < -0.4 is 4.74 Å². The number of carbonyl (C=O) groups excluding carboxylic acids is 4. The number of phenols is 1. The van der Waals surface area contributed by atoms with Gasteiger partial charge in [0, 0.05) is 28.7 Å². The molecular weight excluding hydrogens is 594 g/mol. The SMILES string of the molecule is COc1cc([C@H]2C3=CC[C@@H]4C(=O)N(C(C)(C)C)C(=O)[C@@H]4[C@@H]3CC3=C2C(=O)C=C(Br)C3=O)cc(Br)c1O. The second-order valence-corrected chi connectivity index (χ2v) is 12.3. The van der Waals surface area contributed by atoms with Crippen LogP contribution in [0.3, 0.4) is 0 Å². The zero-order chi connectivity index (χ0) is 26.3. The lowest BCUT2D eigenvalue weighted by molar-refractivity contribution is -0.145. The van der Waals surface area contributed by atoms with Gasteiger partial charge in [0.05, 0.1) is 27.9 Å². The van der Waals surface area contributed by atoms with E-state index in [1.54, 1.807) is 12.1 Å². The third kappa shape index (κ3) is 3.57. The van der Waals surface area contributed by atoms with Gasteiger partial charge in [-0.15, -0.1) is 0 Å². The highest BCUT2D eigenvalue weighted by atomic mass is 79.9. The maximum absolute atomic E-state index is 13.7. The van der Waals surface area contributed by atoms with E-state index >= 15 is 0 Å². The number of ether oxygens (including phenoxy) is 1. The Morgan fingerprint density at radius 2 is 1.75 bits per heavy atom. The number of likely N-dealkylation sites (tertiary alicyclic amines) is 1. The lowest BCUT2D eigenvalue weighted by Gasteiger charge is -2.42. The molecule has 2 amide bonds. The quantitative estimate of drug-likeness (QED) is 0.292. The van der Waals surface area contributed by atoms with Crippen molar-refractivity contribution in [3.05, 3.63) is 55.5 Å². The van der Waals surface area contributed by atoms with Gasteiger partial charge < -0.3 is 9.84 Å². The molecule has 1 fully saturated rings. The molecule has 1 aromatic rings. The molecule has 1 saturated heterocycles. The summed E-state index contributed by atoms with van der Waals surface area (Å²) in [5, 5.41) is 10.4. The summed E-state index contributed by atoms with van der Waals surface area (Å²) in [6.45, 7) is 5.51. The Balaban J connectivity index is 1.71. The Kier molecular flexibility index (Phi) is 5.95. The number of imide groups is 1. The molecule has 5 rings (SSSR count). The number of benzene rings is 1. The van der Waals surface area contributed by atoms with E-state index in [0.717, 1.165) is 5.57 Å². The number of halogens is 2. The first kappa shape index (κ1) is 25.1. The topological polar surface area (TPSA) is 101 Å². The number of ketones is 2. The molecule has 7 nitrogen and oxygen atoms in total. The van der Waals surface area contributed by atoms with Crippen LogP contribution >= 0.6 is 31.9 Å². The van der Waals surface area contributed by atoms with Gasteiger partial charge in [-0.1, -0.05) is 11.6 Å². The van der Waals surface area contributed by atoms with Gasteiger partial charge in [-0.2, -0.15) is 0 Å². The maximum Gasteiger partial charge on any atom is 0.234 e. The standard InChI is InChI=1S/C27H25Br2NO6/c1-27(2,3)30-25(34)13-6-5-12-14(21(13)26(30)35)9-15-22(18(31)10-17(29)23(15)32)20(12)11-7-16(28)24(33)19(8-11)36-4/h5,7-8,10,13-14,20-21,33H,6,9H2,1-4H3/t13-,14+,20-,21-/m0/s1. The fourth-order valence-electron chi connectivity index (χ4n) is 6.16. The number of amides is 2. The lowest BCUT2D eigenvalue weighted by atomic mass is 9.59. The van der Waals surface area contributed by atoms with Gasteiger partial charge in [0.2, 0.25) is 11.8 Å². The average Bonchev–Trinajstić information content (AvgIpc) is 3.08. The summed E-state index contributed by atoms with van der Waals surface area (Å²) in [4.78, 5) is 55.0. The molecular formula is C27H25Br2NO6. The van der Waals surface area contributed by atoms with Gasteiger partial charge >= 0.3 is 0 Å². The molecule has 0 spiro atoms. The molecule has 0 saturated carbocycles. The van der Waals surface area contributed by atoms with Crippen molar-refractivity contribution in [3.63, 3.8) is 0 Å². The number of fused-ring (bicyclic) bond motifs is 3. The zero-order valence-electron chi connectivity index (χ0n) is 20.2. The highest BCUT2D eigenvalue weighted by molar-refractivity contribution is 9.12. The third-order valence-electron chi connectivity index (χ3n) is 7.61. The van der Waals surface area contributed by atoms with Crippen LogP contribution in [-0.2, 0) is 19.2 Å². The average molecular weight is 619 g/mol. The number of allylic oxidation sites excluding steroid dienone is 6. The van der Waals surface area contributed by atoms with Crippen LogP contribution in [0.5, 0.6) is 11.5 Å². The number of aromatic hydroxyl groups is 1. The first-order valence-electron chi connectivity index (χ1n) is 11.7. The summed E-state index contributed by atoms with van der Waals surface area (Å²) in [7, 11) is 1.43. The molecule has 3 aliphatic carbocycles. The number of methoxy groups -OCH3 is 1. The van der Waals surface area contributed by atoms with Crippen LogP contribution in [-0.4, -0.2) is 46.0 Å². The van der Waals surface area contributed by atoms with Crippen LogP contribution in [0.15, 0.2) is 50.0 Å². The van der Waals surface area contributed by atoms with E-state index in [0.29, 0.717) is 27.6 Å². The Bertz CT molecular complexity index is 1350. The number of nitrogens with zero attached hydrogens (tertiary/aromatic N) is 1. The van der Waals surface area contributed by atoms with E-state index in [1.807, 2.05) is 26.8 Å². The maximum atomic E-state index is 13.7. The molecule has 4 atom stereocenters. The number of hydrogen-bond donors (Lipinski definition) is 1. The summed E-state index contributed by atoms with van der Waals surface area (Å²) in [5.41, 5.74) is 1.56. The van der Waals surface area contributed by atoms with E-state index in [4.69, 9.17) is 4.74 Å². The molecule has 1 aliphatic heterocycles. The van der Waals surface area contributed by atoms with Gasteiger partial charge in [-0.25, -0.2) is 0 Å². The first-order valence-corrected chi connectivity index (χ1v) is 13.3. The second-order valence-electron chi connectivity index (χ2n) is 10.6. The van der Waals surface area contributed by atoms with Crippen molar-refractivity contribution < 1.29 is 29.0 Å². The normalized spacial score (nSPS) is 28.0. The summed E-state index contributed by atoms with van der Waals surface area (Å²) < 4.78 is 5.92. The molecule has 188 valence electrons. The monoisotopic (exact) mass is 617 g/mol. The van der Waals surface area contributed by atoms with Crippen LogP contribution in [0.1, 0.15) is 45.1 Å². The number of Topliss-reactive ketones (excluding diaryl/α,β-unsaturated/α-hetero) is 1. The van der Waals surface area contributed by atoms with E-state index in [-0.39, 0.29) is 45.8 Å². The van der Waals surface area contributed by atoms with Crippen molar-refractivity contribution in [2.45, 2.75) is 45.1 Å². The highest BCUT2D eigenvalue weighted by Gasteiger charge is 2.58. The third-order valence-corrected chi connectivity index (χ3v) is 8.80. The van der Waals surface area contributed by atoms with E-state index < -0.39 is 29.2 Å². The largest absolute Gasteiger partial charge is 0.503 e. The van der Waals surface area contributed by atoms with Crippen molar-refractivity contribution in [2.75, 3.05) is 7.11 Å². The van der Waals surface area contributed by atoms with Gasteiger partial charge in [0.25, 0.3) is 0 Å². The second kappa shape index (κ2) is 8.52. The number of rotatable bonds is 2. The predicted molar refractivity (Wildman–Crippen MR) is 139 cm³/mol. The van der Waals surface area contributed by atoms with Gasteiger partial charge in [0.15, 0.2) is 23.1 Å². The molecule has 1 N–H and O–H groups in total. The van der Waals surface area contributed by atoms with Crippen molar-refractivity contribution >= 4 is 55.2 Å². The van der Waals surface area contributed by atoms with Gasteiger partial charge in [0.1, 0.15) is 0 Å². The van der Waals surface area contributed by atoms with E-state index in [2.05, 4.69) is 31.9 Å². The number of phenolic OH excluding ortho intramolecular Hbond substituents is 1. The lowest BCUT2D eigenvalue weighted by Crippen LogP contribution is -2.46. The van der Waals surface area contributed by atoms with Crippen LogP contribution in [0, 0.1) is 17.8 Å². The van der Waals surface area contributed by atoms with E-state index in [9.17, 15) is 24.3 Å². The Morgan fingerprint density at radius 1 is 1.06 bits per heavy atom. The minimum atomic E-state index is -0.665. The Morgan fingerprint density at radius 3 is 2.39 bits per heavy atom. The fourth-order valence-corrected chi connectivity index (χ4v) is 7.07. The summed E-state index contributed by atoms with van der Waals surface area (Å²) in [5.74, 6) is -2.99. The molecule has 0 aromatic heterocycles.